The standard InChI is InChI=1S/C22H13Cl3N2O4S/c23-17-8-4-5-9-20(17)27-22(28)15(13-26)10-14-11-18(24)21(19(25)12-14)31-32(29,30)16-6-2-1-3-7-16/h1-12H,(H,27,28)/b15-10+. The third-order valence-electron chi connectivity index (χ3n) is 4.04. The molecule has 0 radical (unpaired) electrons. The normalized spacial score (nSPS) is 11.5. The molecule has 32 heavy (non-hydrogen) atoms. The second-order valence-electron chi connectivity index (χ2n) is 6.27. The molecule has 0 fully saturated rings. The van der Waals surface area contributed by atoms with Crippen LogP contribution in [0.5, 0.6) is 5.75 Å². The second-order valence-corrected chi connectivity index (χ2v) is 9.04. The molecule has 1 N–H and O–H groups in total. The number of benzene rings is 3. The Morgan fingerprint density at radius 1 is 0.938 bits per heavy atom. The highest BCUT2D eigenvalue weighted by atomic mass is 35.5. The molecule has 3 rings (SSSR count). The van der Waals surface area contributed by atoms with E-state index in [2.05, 4.69) is 5.32 Å². The number of amides is 1. The van der Waals surface area contributed by atoms with Crippen LogP contribution in [0.15, 0.2) is 77.2 Å². The molecule has 6 nitrogen and oxygen atoms in total. The fourth-order valence-corrected chi connectivity index (χ4v) is 4.40. The van der Waals surface area contributed by atoms with Crippen molar-refractivity contribution in [2.75, 3.05) is 5.32 Å². The van der Waals surface area contributed by atoms with Crippen LogP contribution in [0, 0.1) is 11.3 Å². The number of rotatable bonds is 6. The van der Waals surface area contributed by atoms with Gasteiger partial charge in [0.05, 0.1) is 20.8 Å². The number of carbonyl (C=O) groups excluding carboxylic acids is 1. The smallest absolute Gasteiger partial charge is 0.339 e. The molecule has 0 heterocycles. The summed E-state index contributed by atoms with van der Waals surface area (Å²) in [5.74, 6) is -0.965. The van der Waals surface area contributed by atoms with E-state index in [1.807, 2.05) is 0 Å². The first-order valence-electron chi connectivity index (χ1n) is 8.87. The number of anilines is 1. The lowest BCUT2D eigenvalue weighted by Crippen LogP contribution is -2.13. The maximum Gasteiger partial charge on any atom is 0.339 e. The summed E-state index contributed by atoms with van der Waals surface area (Å²) in [7, 11) is -4.16. The molecule has 0 atom stereocenters. The average molecular weight is 508 g/mol. The van der Waals surface area contributed by atoms with Crippen LogP contribution >= 0.6 is 34.8 Å². The van der Waals surface area contributed by atoms with Crippen LogP contribution in [0.25, 0.3) is 6.08 Å². The van der Waals surface area contributed by atoms with Crippen molar-refractivity contribution in [2.24, 2.45) is 0 Å². The zero-order valence-electron chi connectivity index (χ0n) is 16.1. The van der Waals surface area contributed by atoms with E-state index in [0.29, 0.717) is 10.7 Å². The molecular weight excluding hydrogens is 495 g/mol. The van der Waals surface area contributed by atoms with Gasteiger partial charge in [-0.1, -0.05) is 65.1 Å². The van der Waals surface area contributed by atoms with Crippen molar-refractivity contribution in [3.63, 3.8) is 0 Å². The van der Waals surface area contributed by atoms with E-state index in [1.165, 1.54) is 30.3 Å². The van der Waals surface area contributed by atoms with E-state index in [9.17, 15) is 18.5 Å². The molecule has 0 bridgehead atoms. The molecule has 3 aromatic rings. The van der Waals surface area contributed by atoms with Gasteiger partial charge in [-0.25, -0.2) is 0 Å². The number of nitriles is 1. The molecule has 162 valence electrons. The lowest BCUT2D eigenvalue weighted by Gasteiger charge is -2.11. The minimum Gasteiger partial charge on any atom is -0.376 e. The summed E-state index contributed by atoms with van der Waals surface area (Å²) >= 11 is 18.4. The first-order valence-corrected chi connectivity index (χ1v) is 11.4. The summed E-state index contributed by atoms with van der Waals surface area (Å²) in [6.45, 7) is 0. The highest BCUT2D eigenvalue weighted by molar-refractivity contribution is 7.87. The van der Waals surface area contributed by atoms with E-state index < -0.39 is 16.0 Å². The molecule has 10 heteroatoms. The largest absolute Gasteiger partial charge is 0.376 e. The van der Waals surface area contributed by atoms with Gasteiger partial charge in [-0.05, 0) is 48.0 Å². The van der Waals surface area contributed by atoms with Crippen LogP contribution in [0.4, 0.5) is 5.69 Å². The Kier molecular flexibility index (Phi) is 7.44. The number of hydrogen-bond acceptors (Lipinski definition) is 5. The van der Waals surface area contributed by atoms with Gasteiger partial charge in [0.2, 0.25) is 0 Å². The van der Waals surface area contributed by atoms with Crippen molar-refractivity contribution < 1.29 is 17.4 Å². The number of para-hydroxylation sites is 1. The number of hydrogen-bond donors (Lipinski definition) is 1. The van der Waals surface area contributed by atoms with E-state index in [0.717, 1.165) is 0 Å². The van der Waals surface area contributed by atoms with Crippen molar-refractivity contribution in [1.29, 1.82) is 5.26 Å². The first-order chi connectivity index (χ1) is 15.2. The molecule has 0 aliphatic carbocycles. The third kappa shape index (κ3) is 5.61. The van der Waals surface area contributed by atoms with E-state index in [4.69, 9.17) is 39.0 Å². The quantitative estimate of drug-likeness (QED) is 0.252. The molecule has 0 aromatic heterocycles. The molecule has 1 amide bonds. The van der Waals surface area contributed by atoms with Gasteiger partial charge >= 0.3 is 10.1 Å². The van der Waals surface area contributed by atoms with Crippen molar-refractivity contribution in [3.8, 4) is 11.8 Å². The van der Waals surface area contributed by atoms with Crippen LogP contribution in [-0.4, -0.2) is 14.3 Å². The summed E-state index contributed by atoms with van der Waals surface area (Å²) in [5, 5.41) is 12.0. The van der Waals surface area contributed by atoms with E-state index in [1.54, 1.807) is 48.5 Å². The topological polar surface area (TPSA) is 96.3 Å². The van der Waals surface area contributed by atoms with Gasteiger partial charge in [-0.3, -0.25) is 4.79 Å². The third-order valence-corrected chi connectivity index (χ3v) is 6.17. The Morgan fingerprint density at radius 3 is 2.12 bits per heavy atom. The van der Waals surface area contributed by atoms with Gasteiger partial charge in [0.25, 0.3) is 5.91 Å². The minimum absolute atomic E-state index is 0.0703. The Bertz CT molecular complexity index is 1330. The van der Waals surface area contributed by atoms with Crippen LogP contribution < -0.4 is 9.50 Å². The average Bonchev–Trinajstić information content (AvgIpc) is 2.77. The Morgan fingerprint density at radius 2 is 1.53 bits per heavy atom. The minimum atomic E-state index is -4.16. The number of carbonyl (C=O) groups is 1. The molecule has 0 saturated heterocycles. The zero-order valence-corrected chi connectivity index (χ0v) is 19.1. The van der Waals surface area contributed by atoms with E-state index in [-0.39, 0.29) is 31.8 Å². The zero-order chi connectivity index (χ0) is 23.3. The van der Waals surface area contributed by atoms with Crippen LogP contribution in [0.3, 0.4) is 0 Å². The Balaban J connectivity index is 1.88. The van der Waals surface area contributed by atoms with Gasteiger partial charge in [0.1, 0.15) is 16.5 Å². The van der Waals surface area contributed by atoms with Gasteiger partial charge in [-0.15, -0.1) is 0 Å². The monoisotopic (exact) mass is 506 g/mol. The summed E-state index contributed by atoms with van der Waals surface area (Å²) in [4.78, 5) is 12.4. The van der Waals surface area contributed by atoms with Crippen molar-refractivity contribution in [1.82, 2.24) is 0 Å². The van der Waals surface area contributed by atoms with E-state index >= 15 is 0 Å². The van der Waals surface area contributed by atoms with Gasteiger partial charge in [0.15, 0.2) is 5.75 Å². The maximum atomic E-state index is 12.5. The molecule has 3 aromatic carbocycles. The predicted molar refractivity (Wildman–Crippen MR) is 124 cm³/mol. The fraction of sp³-hybridized carbons (Fsp3) is 0. The van der Waals surface area contributed by atoms with Gasteiger partial charge in [0, 0.05) is 0 Å². The SMILES string of the molecule is N#C/C(=C\c1cc(Cl)c(OS(=O)(=O)c2ccccc2)c(Cl)c1)C(=O)Nc1ccccc1Cl. The first kappa shape index (κ1) is 23.6. The van der Waals surface area contributed by atoms with Crippen molar-refractivity contribution in [3.05, 3.63) is 92.9 Å². The molecule has 0 aliphatic rings. The number of nitrogens with one attached hydrogen (secondary N) is 1. The van der Waals surface area contributed by atoms with Crippen molar-refractivity contribution in [2.45, 2.75) is 4.90 Å². The number of nitrogens with zero attached hydrogens (tertiary/aromatic N) is 1. The summed E-state index contributed by atoms with van der Waals surface area (Å²) in [6, 6.07) is 18.5. The Hall–Kier alpha value is -3.02. The molecular formula is C22H13Cl3N2O4S. The summed E-state index contributed by atoms with van der Waals surface area (Å²) in [5.41, 5.74) is 0.379. The van der Waals surface area contributed by atoms with Crippen molar-refractivity contribution >= 4 is 62.6 Å². The molecule has 0 saturated carbocycles. The molecule has 0 unspecified atom stereocenters. The van der Waals surface area contributed by atoms with Crippen LogP contribution in [-0.2, 0) is 14.9 Å². The predicted octanol–water partition coefficient (Wildman–Crippen LogP) is 5.96. The fourth-order valence-electron chi connectivity index (χ4n) is 2.55. The lowest BCUT2D eigenvalue weighted by molar-refractivity contribution is -0.112. The second kappa shape index (κ2) is 10.1. The Labute approximate surface area is 199 Å². The van der Waals surface area contributed by atoms with Crippen LogP contribution in [0.1, 0.15) is 5.56 Å². The van der Waals surface area contributed by atoms with Gasteiger partial charge < -0.3 is 9.50 Å². The maximum absolute atomic E-state index is 12.5. The highest BCUT2D eigenvalue weighted by Gasteiger charge is 2.21. The summed E-state index contributed by atoms with van der Waals surface area (Å²) in [6.07, 6.45) is 1.25. The number of halogens is 3. The lowest BCUT2D eigenvalue weighted by atomic mass is 10.1. The summed E-state index contributed by atoms with van der Waals surface area (Å²) < 4.78 is 30.0. The molecule has 0 spiro atoms. The molecule has 0 aliphatic heterocycles. The van der Waals surface area contributed by atoms with Crippen LogP contribution in [0.2, 0.25) is 15.1 Å². The highest BCUT2D eigenvalue weighted by Crippen LogP contribution is 2.37. The van der Waals surface area contributed by atoms with Gasteiger partial charge in [-0.2, -0.15) is 13.7 Å².